The number of amides is 1. The maximum atomic E-state index is 11.3. The minimum absolute atomic E-state index is 0.0396. The third-order valence-corrected chi connectivity index (χ3v) is 5.54. The van der Waals surface area contributed by atoms with Crippen LogP contribution >= 0.6 is 23.1 Å². The Kier molecular flexibility index (Phi) is 4.12. The van der Waals surface area contributed by atoms with Gasteiger partial charge in [-0.25, -0.2) is 5.01 Å². The van der Waals surface area contributed by atoms with E-state index in [1.54, 1.807) is 28.1 Å². The van der Waals surface area contributed by atoms with E-state index in [2.05, 4.69) is 54.0 Å². The first-order chi connectivity index (χ1) is 10.2. The van der Waals surface area contributed by atoms with Gasteiger partial charge in [-0.15, -0.1) is 23.1 Å². The number of aryl methyl sites for hydroxylation is 1. The maximum absolute atomic E-state index is 11.3. The Hall–Kier alpha value is -1.59. The third kappa shape index (κ3) is 2.76. The van der Waals surface area contributed by atoms with Crippen LogP contribution in [0.3, 0.4) is 0 Å². The van der Waals surface area contributed by atoms with Crippen molar-refractivity contribution >= 4 is 35.2 Å². The molecule has 0 aliphatic carbocycles. The molecule has 1 aromatic heterocycles. The number of carbonyl (C=O) groups is 1. The summed E-state index contributed by atoms with van der Waals surface area (Å²) in [5, 5.41) is 8.11. The zero-order chi connectivity index (χ0) is 14.8. The molecule has 2 aromatic rings. The van der Waals surface area contributed by atoms with E-state index in [4.69, 9.17) is 0 Å². The Morgan fingerprint density at radius 2 is 2.10 bits per heavy atom. The molecule has 2 heterocycles. The van der Waals surface area contributed by atoms with E-state index in [0.29, 0.717) is 0 Å². The van der Waals surface area contributed by atoms with Crippen LogP contribution in [-0.4, -0.2) is 23.4 Å². The van der Waals surface area contributed by atoms with Crippen molar-refractivity contribution < 1.29 is 4.79 Å². The van der Waals surface area contributed by atoms with Crippen molar-refractivity contribution in [1.82, 2.24) is 5.01 Å². The zero-order valence-electron chi connectivity index (χ0n) is 11.9. The van der Waals surface area contributed by atoms with Crippen molar-refractivity contribution in [2.45, 2.75) is 24.3 Å². The molecule has 1 atom stereocenters. The van der Waals surface area contributed by atoms with Crippen molar-refractivity contribution in [3.05, 3.63) is 51.7 Å². The minimum atomic E-state index is 0.0396. The molecule has 21 heavy (non-hydrogen) atoms. The largest absolute Gasteiger partial charge is 0.277 e. The molecular weight excluding hydrogens is 300 g/mol. The highest BCUT2D eigenvalue weighted by molar-refractivity contribution is 7.98. The lowest BCUT2D eigenvalue weighted by molar-refractivity contribution is -0.119. The molecule has 0 bridgehead atoms. The van der Waals surface area contributed by atoms with Gasteiger partial charge in [0.05, 0.1) is 11.8 Å². The molecule has 1 aliphatic heterocycles. The van der Waals surface area contributed by atoms with Crippen molar-refractivity contribution in [1.29, 1.82) is 0 Å². The summed E-state index contributed by atoms with van der Waals surface area (Å²) in [7, 11) is 0. The van der Waals surface area contributed by atoms with Gasteiger partial charge >= 0.3 is 0 Å². The Morgan fingerprint density at radius 3 is 2.67 bits per heavy atom. The summed E-state index contributed by atoms with van der Waals surface area (Å²) in [6.07, 6.45) is 3.66. The Morgan fingerprint density at radius 1 is 1.33 bits per heavy atom. The minimum Gasteiger partial charge on any atom is -0.277 e. The quantitative estimate of drug-likeness (QED) is 0.629. The van der Waals surface area contributed by atoms with Crippen molar-refractivity contribution in [2.75, 3.05) is 6.26 Å². The number of hydrogen-bond donors (Lipinski definition) is 0. The molecule has 0 radical (unpaired) electrons. The number of benzene rings is 1. The molecule has 108 valence electrons. The number of carbonyl (C=O) groups excluding carboxylic acids is 1. The number of hydrogen-bond acceptors (Lipinski definition) is 4. The standard InChI is InChI=1S/C16H16N2OS2/c1-11-7-8-21-16(11)15-9-14(17-18(15)10-19)12-3-5-13(20-2)6-4-12/h3-8,10,15H,9H2,1-2H3. The monoisotopic (exact) mass is 316 g/mol. The summed E-state index contributed by atoms with van der Waals surface area (Å²) in [4.78, 5) is 13.8. The van der Waals surface area contributed by atoms with Gasteiger partial charge in [0.15, 0.2) is 0 Å². The van der Waals surface area contributed by atoms with Crippen LogP contribution in [0, 0.1) is 6.92 Å². The lowest BCUT2D eigenvalue weighted by atomic mass is 10.0. The molecular formula is C16H16N2OS2. The normalized spacial score (nSPS) is 17.9. The first kappa shape index (κ1) is 14.4. The first-order valence-electron chi connectivity index (χ1n) is 6.72. The second-order valence-electron chi connectivity index (χ2n) is 4.95. The number of thiophene rings is 1. The van der Waals surface area contributed by atoms with E-state index >= 15 is 0 Å². The van der Waals surface area contributed by atoms with Crippen LogP contribution in [0.4, 0.5) is 0 Å². The van der Waals surface area contributed by atoms with Crippen LogP contribution in [0.5, 0.6) is 0 Å². The summed E-state index contributed by atoms with van der Waals surface area (Å²) in [6, 6.07) is 10.5. The van der Waals surface area contributed by atoms with Crippen LogP contribution in [0.1, 0.15) is 28.5 Å². The highest BCUT2D eigenvalue weighted by Crippen LogP contribution is 2.36. The smallest absolute Gasteiger partial charge is 0.230 e. The summed E-state index contributed by atoms with van der Waals surface area (Å²) in [5.41, 5.74) is 3.30. The van der Waals surface area contributed by atoms with Crippen LogP contribution < -0.4 is 0 Å². The van der Waals surface area contributed by atoms with E-state index in [1.165, 1.54) is 15.3 Å². The van der Waals surface area contributed by atoms with Crippen LogP contribution in [-0.2, 0) is 4.79 Å². The SMILES string of the molecule is CSc1ccc(C2=NN(C=O)C(c3sccc3C)C2)cc1. The average Bonchev–Trinajstić information content (AvgIpc) is 3.13. The van der Waals surface area contributed by atoms with Crippen LogP contribution in [0.15, 0.2) is 45.7 Å². The predicted octanol–water partition coefficient (Wildman–Crippen LogP) is 4.09. The second kappa shape index (κ2) is 6.03. The van der Waals surface area contributed by atoms with Gasteiger partial charge in [0.25, 0.3) is 0 Å². The van der Waals surface area contributed by atoms with Gasteiger partial charge < -0.3 is 0 Å². The van der Waals surface area contributed by atoms with Gasteiger partial charge in [-0.2, -0.15) is 5.10 Å². The summed E-state index contributed by atoms with van der Waals surface area (Å²) < 4.78 is 0. The molecule has 1 aromatic carbocycles. The van der Waals surface area contributed by atoms with E-state index in [-0.39, 0.29) is 6.04 Å². The van der Waals surface area contributed by atoms with E-state index in [9.17, 15) is 4.79 Å². The average molecular weight is 316 g/mol. The Bertz CT molecular complexity index is 676. The van der Waals surface area contributed by atoms with Crippen molar-refractivity contribution in [3.63, 3.8) is 0 Å². The molecule has 1 unspecified atom stereocenters. The fourth-order valence-corrected chi connectivity index (χ4v) is 3.95. The molecule has 3 nitrogen and oxygen atoms in total. The number of hydrazone groups is 1. The maximum Gasteiger partial charge on any atom is 0.230 e. The molecule has 0 N–H and O–H groups in total. The Balaban J connectivity index is 1.88. The predicted molar refractivity (Wildman–Crippen MR) is 89.1 cm³/mol. The molecule has 0 saturated carbocycles. The summed E-state index contributed by atoms with van der Waals surface area (Å²) >= 11 is 3.41. The fraction of sp³-hybridized carbons (Fsp3) is 0.250. The lowest BCUT2D eigenvalue weighted by Crippen LogP contribution is -2.16. The van der Waals surface area contributed by atoms with Crippen LogP contribution in [0.2, 0.25) is 0 Å². The molecule has 3 rings (SSSR count). The number of thioether (sulfide) groups is 1. The molecule has 0 fully saturated rings. The molecule has 5 heteroatoms. The van der Waals surface area contributed by atoms with Crippen molar-refractivity contribution in [2.24, 2.45) is 5.10 Å². The summed E-state index contributed by atoms with van der Waals surface area (Å²) in [5.74, 6) is 0. The zero-order valence-corrected chi connectivity index (χ0v) is 13.6. The number of nitrogens with zero attached hydrogens (tertiary/aromatic N) is 2. The van der Waals surface area contributed by atoms with Crippen LogP contribution in [0.25, 0.3) is 0 Å². The lowest BCUT2D eigenvalue weighted by Gasteiger charge is -2.16. The highest BCUT2D eigenvalue weighted by atomic mass is 32.2. The topological polar surface area (TPSA) is 32.7 Å². The van der Waals surface area contributed by atoms with Gasteiger partial charge in [-0.1, -0.05) is 12.1 Å². The van der Waals surface area contributed by atoms with E-state index in [0.717, 1.165) is 24.1 Å². The van der Waals surface area contributed by atoms with Gasteiger partial charge in [-0.3, -0.25) is 4.79 Å². The van der Waals surface area contributed by atoms with Gasteiger partial charge in [0.1, 0.15) is 0 Å². The second-order valence-corrected chi connectivity index (χ2v) is 6.78. The molecule has 0 spiro atoms. The van der Waals surface area contributed by atoms with Gasteiger partial charge in [-0.05, 0) is 47.9 Å². The molecule has 0 saturated heterocycles. The van der Waals surface area contributed by atoms with Gasteiger partial charge in [0.2, 0.25) is 6.41 Å². The van der Waals surface area contributed by atoms with Gasteiger partial charge in [0, 0.05) is 16.2 Å². The van der Waals surface area contributed by atoms with Crippen molar-refractivity contribution in [3.8, 4) is 0 Å². The molecule has 1 aliphatic rings. The fourth-order valence-electron chi connectivity index (χ4n) is 2.52. The van der Waals surface area contributed by atoms with E-state index in [1.807, 2.05) is 0 Å². The summed E-state index contributed by atoms with van der Waals surface area (Å²) in [6.45, 7) is 2.08. The Labute approximate surface area is 132 Å². The number of rotatable bonds is 4. The highest BCUT2D eigenvalue weighted by Gasteiger charge is 2.30. The van der Waals surface area contributed by atoms with E-state index < -0.39 is 0 Å². The third-order valence-electron chi connectivity index (χ3n) is 3.68. The first-order valence-corrected chi connectivity index (χ1v) is 8.83. The molecule has 1 amide bonds.